The first-order chi connectivity index (χ1) is 27.3. The molecule has 0 atom stereocenters. The summed E-state index contributed by atoms with van der Waals surface area (Å²) in [6.07, 6.45) is 0. The molecule has 0 saturated heterocycles. The van der Waals surface area contributed by atoms with E-state index in [2.05, 4.69) is 204 Å². The van der Waals surface area contributed by atoms with Crippen molar-refractivity contribution in [3.05, 3.63) is 206 Å². The van der Waals surface area contributed by atoms with Crippen LogP contribution in [0.15, 0.2) is 211 Å². The van der Waals surface area contributed by atoms with Crippen molar-refractivity contribution in [2.45, 2.75) is 0 Å². The Bertz CT molecular complexity index is 3180. The number of rotatable bonds is 6. The number of hydrogen-bond donors (Lipinski definition) is 0. The highest BCUT2D eigenvalue weighted by Crippen LogP contribution is 2.41. The smallest absolute Gasteiger partial charge is 0.159 e. The fourth-order valence-electron chi connectivity index (χ4n) is 8.39. The summed E-state index contributed by atoms with van der Waals surface area (Å²) in [4.78, 5) is 2.35. The van der Waals surface area contributed by atoms with Gasteiger partial charge < -0.3 is 13.9 Å². The van der Waals surface area contributed by atoms with Gasteiger partial charge in [0.05, 0.1) is 22.4 Å². The van der Waals surface area contributed by atoms with E-state index in [0.29, 0.717) is 0 Å². The zero-order valence-corrected chi connectivity index (χ0v) is 29.9. The van der Waals surface area contributed by atoms with Gasteiger partial charge in [-0.1, -0.05) is 146 Å². The largest absolute Gasteiger partial charge is 0.454 e. The van der Waals surface area contributed by atoms with Crippen LogP contribution in [0.1, 0.15) is 0 Å². The van der Waals surface area contributed by atoms with E-state index in [-0.39, 0.29) is 0 Å². The van der Waals surface area contributed by atoms with Gasteiger partial charge in [0.25, 0.3) is 0 Å². The van der Waals surface area contributed by atoms with E-state index in [1.165, 1.54) is 43.8 Å². The van der Waals surface area contributed by atoms with E-state index in [1.807, 2.05) is 12.1 Å². The number of furan rings is 1. The molecule has 9 aromatic carbocycles. The first-order valence-corrected chi connectivity index (χ1v) is 18.8. The van der Waals surface area contributed by atoms with E-state index in [4.69, 9.17) is 4.42 Å². The minimum Gasteiger partial charge on any atom is -0.454 e. The fraction of sp³-hybridized carbons (Fsp3) is 0. The molecule has 0 amide bonds. The van der Waals surface area contributed by atoms with Gasteiger partial charge in [0, 0.05) is 38.3 Å². The molecule has 2 heterocycles. The summed E-state index contributed by atoms with van der Waals surface area (Å²) in [6.45, 7) is 0. The van der Waals surface area contributed by atoms with Gasteiger partial charge in [0.15, 0.2) is 5.58 Å². The van der Waals surface area contributed by atoms with E-state index < -0.39 is 0 Å². The SMILES string of the molecule is c1ccc(N(c2ccc(-c3ccc(-c4ccc5c(c4)c4ccccc4n5-c4cccc5c4oc4ccccc45)cc3)cc2)c2cccc3ccccc23)cc1. The van der Waals surface area contributed by atoms with Crippen LogP contribution in [0, 0.1) is 0 Å². The molecule has 0 aliphatic carbocycles. The normalized spacial score (nSPS) is 11.6. The maximum Gasteiger partial charge on any atom is 0.159 e. The summed E-state index contributed by atoms with van der Waals surface area (Å²) in [6, 6.07) is 73.8. The van der Waals surface area contributed by atoms with E-state index in [0.717, 1.165) is 55.7 Å². The maximum atomic E-state index is 6.50. The van der Waals surface area contributed by atoms with Gasteiger partial charge in [-0.2, -0.15) is 0 Å². The van der Waals surface area contributed by atoms with Crippen molar-refractivity contribution in [2.24, 2.45) is 0 Å². The number of benzene rings is 9. The van der Waals surface area contributed by atoms with Crippen molar-refractivity contribution in [2.75, 3.05) is 4.90 Å². The lowest BCUT2D eigenvalue weighted by Gasteiger charge is -2.27. The molecule has 0 radical (unpaired) electrons. The van der Waals surface area contributed by atoms with Crippen molar-refractivity contribution in [3.63, 3.8) is 0 Å². The van der Waals surface area contributed by atoms with Crippen molar-refractivity contribution in [1.29, 1.82) is 0 Å². The summed E-state index contributed by atoms with van der Waals surface area (Å²) < 4.78 is 8.85. The highest BCUT2D eigenvalue weighted by atomic mass is 16.3. The molecule has 0 bridgehead atoms. The van der Waals surface area contributed by atoms with E-state index in [1.54, 1.807) is 0 Å². The minimum absolute atomic E-state index is 0.903. The Kier molecular flexibility index (Phi) is 7.17. The van der Waals surface area contributed by atoms with Gasteiger partial charge in [-0.05, 0) is 88.3 Å². The molecular weight excluding hydrogens is 669 g/mol. The number of hydrogen-bond acceptors (Lipinski definition) is 2. The predicted molar refractivity (Wildman–Crippen MR) is 231 cm³/mol. The van der Waals surface area contributed by atoms with Crippen molar-refractivity contribution in [1.82, 2.24) is 4.57 Å². The van der Waals surface area contributed by atoms with Crippen LogP contribution in [0.5, 0.6) is 0 Å². The first kappa shape index (κ1) is 31.2. The van der Waals surface area contributed by atoms with Gasteiger partial charge >= 0.3 is 0 Å². The second-order valence-electron chi connectivity index (χ2n) is 14.1. The zero-order chi connectivity index (χ0) is 36.3. The molecule has 0 spiro atoms. The third kappa shape index (κ3) is 5.13. The summed E-state index contributed by atoms with van der Waals surface area (Å²) in [5.41, 5.74) is 13.3. The lowest BCUT2D eigenvalue weighted by atomic mass is 9.98. The number of anilines is 3. The second-order valence-corrected chi connectivity index (χ2v) is 14.1. The molecule has 3 nitrogen and oxygen atoms in total. The zero-order valence-electron chi connectivity index (χ0n) is 29.9. The lowest BCUT2D eigenvalue weighted by molar-refractivity contribution is 0.666. The highest BCUT2D eigenvalue weighted by molar-refractivity contribution is 6.13. The van der Waals surface area contributed by atoms with Gasteiger partial charge in [-0.15, -0.1) is 0 Å². The first-order valence-electron chi connectivity index (χ1n) is 18.8. The molecular formula is C52H34N2O. The van der Waals surface area contributed by atoms with Crippen LogP contribution >= 0.6 is 0 Å². The van der Waals surface area contributed by atoms with Crippen molar-refractivity contribution >= 4 is 71.6 Å². The Morgan fingerprint density at radius 3 is 1.75 bits per heavy atom. The fourth-order valence-corrected chi connectivity index (χ4v) is 8.39. The Morgan fingerprint density at radius 2 is 0.927 bits per heavy atom. The molecule has 0 unspecified atom stereocenters. The number of aromatic nitrogens is 1. The van der Waals surface area contributed by atoms with E-state index in [9.17, 15) is 0 Å². The topological polar surface area (TPSA) is 21.3 Å². The molecule has 0 fully saturated rings. The molecule has 2 aromatic heterocycles. The minimum atomic E-state index is 0.903. The van der Waals surface area contributed by atoms with Crippen LogP contribution < -0.4 is 4.90 Å². The number of para-hydroxylation sites is 4. The molecule has 11 aromatic rings. The molecule has 11 rings (SSSR count). The summed E-state index contributed by atoms with van der Waals surface area (Å²) in [5, 5.41) is 7.15. The maximum absolute atomic E-state index is 6.50. The average Bonchev–Trinajstić information content (AvgIpc) is 3.80. The third-order valence-corrected chi connectivity index (χ3v) is 11.0. The summed E-state index contributed by atoms with van der Waals surface area (Å²) in [5.74, 6) is 0. The number of fused-ring (bicyclic) bond motifs is 7. The Morgan fingerprint density at radius 1 is 0.364 bits per heavy atom. The van der Waals surface area contributed by atoms with E-state index >= 15 is 0 Å². The molecule has 0 aliphatic heterocycles. The second kappa shape index (κ2) is 12.6. The Balaban J connectivity index is 0.948. The molecule has 0 N–H and O–H groups in total. The van der Waals surface area contributed by atoms with Crippen molar-refractivity contribution in [3.8, 4) is 27.9 Å². The molecule has 0 saturated carbocycles. The summed E-state index contributed by atoms with van der Waals surface area (Å²) >= 11 is 0. The molecule has 258 valence electrons. The van der Waals surface area contributed by atoms with Gasteiger partial charge in [-0.25, -0.2) is 0 Å². The molecule has 3 heteroatoms. The van der Waals surface area contributed by atoms with Crippen LogP contribution in [0.3, 0.4) is 0 Å². The van der Waals surface area contributed by atoms with Crippen LogP contribution in [-0.4, -0.2) is 4.57 Å². The molecule has 0 aliphatic rings. The predicted octanol–water partition coefficient (Wildman–Crippen LogP) is 14.6. The van der Waals surface area contributed by atoms with Gasteiger partial charge in [0.1, 0.15) is 5.58 Å². The van der Waals surface area contributed by atoms with Gasteiger partial charge in [0.2, 0.25) is 0 Å². The van der Waals surface area contributed by atoms with Crippen LogP contribution in [0.2, 0.25) is 0 Å². The van der Waals surface area contributed by atoms with Gasteiger partial charge in [-0.3, -0.25) is 0 Å². The van der Waals surface area contributed by atoms with Crippen LogP contribution in [-0.2, 0) is 0 Å². The quantitative estimate of drug-likeness (QED) is 0.172. The van der Waals surface area contributed by atoms with Crippen LogP contribution in [0.25, 0.3) is 82.5 Å². The highest BCUT2D eigenvalue weighted by Gasteiger charge is 2.19. The average molecular weight is 703 g/mol. The third-order valence-electron chi connectivity index (χ3n) is 11.0. The standard InChI is InChI=1S/C52H34N2O/c1-2-14-40(15-3-1)53(47-21-10-13-38-12-4-5-16-42(38)47)41-31-28-36(29-32-41)35-24-26-37(27-25-35)39-30-33-49-46(34-39)43-17-6-8-20-48(43)54(49)50-22-11-19-45-44-18-7-9-23-51(44)55-52(45)50/h1-34H. The number of nitrogens with zero attached hydrogens (tertiary/aromatic N) is 2. The Labute approximate surface area is 318 Å². The molecule has 55 heavy (non-hydrogen) atoms. The lowest BCUT2D eigenvalue weighted by Crippen LogP contribution is -2.10. The summed E-state index contributed by atoms with van der Waals surface area (Å²) in [7, 11) is 0. The van der Waals surface area contributed by atoms with Crippen LogP contribution in [0.4, 0.5) is 17.1 Å². The van der Waals surface area contributed by atoms with Crippen molar-refractivity contribution < 1.29 is 4.42 Å². The Hall–Kier alpha value is -7.36. The monoisotopic (exact) mass is 702 g/mol.